The van der Waals surface area contributed by atoms with Crippen LogP contribution < -0.4 is 5.43 Å². The van der Waals surface area contributed by atoms with Gasteiger partial charge in [-0.15, -0.1) is 0 Å². The van der Waals surface area contributed by atoms with Crippen LogP contribution in [0.3, 0.4) is 0 Å². The highest BCUT2D eigenvalue weighted by Gasteiger charge is 2.41. The van der Waals surface area contributed by atoms with Gasteiger partial charge >= 0.3 is 11.8 Å². The first-order valence-corrected chi connectivity index (χ1v) is 7.73. The molecule has 1 heterocycles. The summed E-state index contributed by atoms with van der Waals surface area (Å²) < 4.78 is 2.29. The second-order valence-electron chi connectivity index (χ2n) is 6.40. The maximum absolute atomic E-state index is 4.18. The molecule has 3 rings (SSSR count). The average molecular weight is 259 g/mol. The molecule has 2 atom stereocenters. The van der Waals surface area contributed by atoms with Crippen molar-refractivity contribution in [1.82, 2.24) is 5.43 Å². The lowest BCUT2D eigenvalue weighted by Crippen LogP contribution is -2.39. The van der Waals surface area contributed by atoms with E-state index in [0.717, 1.165) is 18.5 Å². The van der Waals surface area contributed by atoms with E-state index >= 15 is 0 Å². The Bertz CT molecular complexity index is 474. The van der Waals surface area contributed by atoms with Crippen LogP contribution in [0.4, 0.5) is 0 Å². The minimum Gasteiger partial charge on any atom is -0.199 e. The van der Waals surface area contributed by atoms with Crippen LogP contribution in [-0.2, 0) is 0 Å². The van der Waals surface area contributed by atoms with Crippen LogP contribution in [0.1, 0.15) is 45.4 Å². The van der Waals surface area contributed by atoms with E-state index in [0.29, 0.717) is 5.92 Å². The molecular formula is C16H25N3+2. The van der Waals surface area contributed by atoms with Gasteiger partial charge in [0, 0.05) is 0 Å². The van der Waals surface area contributed by atoms with Gasteiger partial charge in [0.25, 0.3) is 6.67 Å². The second kappa shape index (κ2) is 5.36. The zero-order valence-electron chi connectivity index (χ0n) is 12.2. The first-order valence-electron chi connectivity index (χ1n) is 7.73. The van der Waals surface area contributed by atoms with E-state index in [1.54, 1.807) is 5.57 Å². The minimum atomic E-state index is 0.576. The van der Waals surface area contributed by atoms with Gasteiger partial charge in [0.2, 0.25) is 0 Å². The fraction of sp³-hybridized carbons (Fsp3) is 0.750. The molecule has 2 aliphatic carbocycles. The fourth-order valence-electron chi connectivity index (χ4n) is 3.61. The molecule has 0 aromatic heterocycles. The molecule has 0 spiro atoms. The summed E-state index contributed by atoms with van der Waals surface area (Å²) in [5.74, 6) is 2.15. The van der Waals surface area contributed by atoms with Gasteiger partial charge in [-0.05, 0) is 49.4 Å². The van der Waals surface area contributed by atoms with Crippen LogP contribution in [-0.4, -0.2) is 24.0 Å². The van der Waals surface area contributed by atoms with Crippen molar-refractivity contribution >= 4 is 5.71 Å². The first-order chi connectivity index (χ1) is 9.25. The summed E-state index contributed by atoms with van der Waals surface area (Å²) in [5.41, 5.74) is 5.98. The highest BCUT2D eigenvalue weighted by atomic mass is 15.3. The lowest BCUT2D eigenvalue weighted by molar-refractivity contribution is -0.503. The number of hydrogen-bond acceptors (Lipinski definition) is 1. The molecule has 1 unspecified atom stereocenters. The van der Waals surface area contributed by atoms with E-state index in [1.165, 1.54) is 44.2 Å². The summed E-state index contributed by atoms with van der Waals surface area (Å²) >= 11 is 0. The Kier molecular flexibility index (Phi) is 3.59. The molecule has 19 heavy (non-hydrogen) atoms. The van der Waals surface area contributed by atoms with Gasteiger partial charge in [0.15, 0.2) is 0 Å². The number of allylic oxidation sites excluding steroid dienone is 2. The molecule has 0 aromatic rings. The van der Waals surface area contributed by atoms with E-state index in [4.69, 9.17) is 0 Å². The van der Waals surface area contributed by atoms with Crippen molar-refractivity contribution in [2.45, 2.75) is 45.4 Å². The SMILES string of the molecule is CC1C=C([C@H](C2=[N+](C)CN[N+]#C2)C2CCC2)CCC1. The molecule has 0 radical (unpaired) electrons. The molecule has 1 aliphatic heterocycles. The monoisotopic (exact) mass is 259 g/mol. The van der Waals surface area contributed by atoms with Crippen LogP contribution >= 0.6 is 0 Å². The number of nitrogens with one attached hydrogen (secondary N) is 1. The van der Waals surface area contributed by atoms with Crippen molar-refractivity contribution in [2.24, 2.45) is 17.8 Å². The summed E-state index contributed by atoms with van der Waals surface area (Å²) in [6.45, 7) is 3.17. The molecule has 1 fully saturated rings. The highest BCUT2D eigenvalue weighted by Crippen LogP contribution is 2.41. The topological polar surface area (TPSA) is 19.4 Å². The van der Waals surface area contributed by atoms with Gasteiger partial charge in [-0.25, -0.2) is 0 Å². The summed E-state index contributed by atoms with van der Waals surface area (Å²) in [4.78, 5) is 4.18. The molecule has 3 aliphatic rings. The summed E-state index contributed by atoms with van der Waals surface area (Å²) in [7, 11) is 2.16. The highest BCUT2D eigenvalue weighted by molar-refractivity contribution is 5.99. The third-order valence-electron chi connectivity index (χ3n) is 4.91. The van der Waals surface area contributed by atoms with Crippen LogP contribution in [0, 0.1) is 23.8 Å². The largest absolute Gasteiger partial charge is 0.424 e. The lowest BCUT2D eigenvalue weighted by Gasteiger charge is -2.34. The first kappa shape index (κ1) is 12.7. The molecule has 0 aromatic carbocycles. The standard InChI is InChI=1S/C16H24N3/c1-12-5-3-8-14(9-12)16(13-6-4-7-13)15-10-17-18-11-19(15)2/h9,12-13,16H,3-8,11H2,1-2H3/q+1/p+1/t12?,16-/m1/s1. The molecule has 1 N–H and O–H groups in total. The molecule has 0 saturated heterocycles. The normalized spacial score (nSPS) is 28.7. The number of rotatable bonds is 3. The van der Waals surface area contributed by atoms with Crippen LogP contribution in [0.2, 0.25) is 0 Å². The van der Waals surface area contributed by atoms with Crippen molar-refractivity contribution < 1.29 is 4.58 Å². The zero-order chi connectivity index (χ0) is 13.2. The van der Waals surface area contributed by atoms with Crippen LogP contribution in [0.25, 0.3) is 4.95 Å². The Morgan fingerprint density at radius 1 is 1.37 bits per heavy atom. The Morgan fingerprint density at radius 3 is 2.84 bits per heavy atom. The van der Waals surface area contributed by atoms with Gasteiger partial charge in [0.1, 0.15) is 7.05 Å². The Hall–Kier alpha value is -1.30. The molecule has 1 saturated carbocycles. The molecule has 3 nitrogen and oxygen atoms in total. The second-order valence-corrected chi connectivity index (χ2v) is 6.40. The summed E-state index contributed by atoms with van der Waals surface area (Å²) in [6.07, 6.45) is 10.7. The Labute approximate surface area is 116 Å². The number of nitrogens with zero attached hydrogens (tertiary/aromatic N) is 2. The average Bonchev–Trinajstić information content (AvgIpc) is 2.35. The van der Waals surface area contributed by atoms with Crippen molar-refractivity contribution in [2.75, 3.05) is 13.7 Å². The van der Waals surface area contributed by atoms with Gasteiger partial charge in [0.05, 0.1) is 10.9 Å². The van der Waals surface area contributed by atoms with E-state index in [1.807, 2.05) is 0 Å². The van der Waals surface area contributed by atoms with Gasteiger partial charge in [-0.1, -0.05) is 25.0 Å². The van der Waals surface area contributed by atoms with Gasteiger partial charge in [-0.2, -0.15) is 4.58 Å². The molecule has 102 valence electrons. The fourth-order valence-corrected chi connectivity index (χ4v) is 3.61. The van der Waals surface area contributed by atoms with E-state index < -0.39 is 0 Å². The molecule has 0 amide bonds. The van der Waals surface area contributed by atoms with Crippen molar-refractivity contribution in [3.63, 3.8) is 0 Å². The van der Waals surface area contributed by atoms with E-state index in [-0.39, 0.29) is 0 Å². The summed E-state index contributed by atoms with van der Waals surface area (Å²) in [6, 6.07) is 3.25. The predicted molar refractivity (Wildman–Crippen MR) is 78.4 cm³/mol. The molecule has 3 heteroatoms. The molecular weight excluding hydrogens is 234 g/mol. The smallest absolute Gasteiger partial charge is 0.199 e. The minimum absolute atomic E-state index is 0.576. The summed E-state index contributed by atoms with van der Waals surface area (Å²) in [5, 5.41) is 0. The Balaban J connectivity index is 1.93. The third-order valence-corrected chi connectivity index (χ3v) is 4.91. The zero-order valence-corrected chi connectivity index (χ0v) is 12.2. The van der Waals surface area contributed by atoms with Gasteiger partial charge in [-0.3, -0.25) is 0 Å². The van der Waals surface area contributed by atoms with Crippen molar-refractivity contribution in [3.8, 4) is 6.07 Å². The molecule has 0 bridgehead atoms. The van der Waals surface area contributed by atoms with Crippen LogP contribution in [0.15, 0.2) is 11.6 Å². The maximum Gasteiger partial charge on any atom is 0.424 e. The van der Waals surface area contributed by atoms with Crippen molar-refractivity contribution in [3.05, 3.63) is 16.6 Å². The van der Waals surface area contributed by atoms with Crippen molar-refractivity contribution in [1.29, 1.82) is 0 Å². The lowest BCUT2D eigenvalue weighted by atomic mass is 9.68. The Morgan fingerprint density at radius 2 is 2.21 bits per heavy atom. The van der Waals surface area contributed by atoms with E-state index in [2.05, 4.69) is 41.1 Å². The predicted octanol–water partition coefficient (Wildman–Crippen LogP) is 3.04. The van der Waals surface area contributed by atoms with E-state index in [9.17, 15) is 0 Å². The number of hydrogen-bond donors (Lipinski definition) is 1. The maximum atomic E-state index is 4.18. The van der Waals surface area contributed by atoms with Gasteiger partial charge < -0.3 is 0 Å². The third kappa shape index (κ3) is 2.54. The van der Waals surface area contributed by atoms with Crippen LogP contribution in [0.5, 0.6) is 0 Å². The quantitative estimate of drug-likeness (QED) is 0.610.